The zero-order valence-electron chi connectivity index (χ0n) is 8.40. The normalized spacial score (nSPS) is 14.0. The Kier molecular flexibility index (Phi) is 3.02. The fraction of sp³-hybridized carbons (Fsp3) is 0.364. The number of fused-ring (bicyclic) bond motifs is 1. The zero-order chi connectivity index (χ0) is 10.7. The van der Waals surface area contributed by atoms with Crippen LogP contribution in [0.3, 0.4) is 0 Å². The molecule has 0 spiro atoms. The molecule has 0 amide bonds. The Morgan fingerprint density at radius 1 is 1.53 bits per heavy atom. The van der Waals surface area contributed by atoms with E-state index in [1.807, 2.05) is 18.2 Å². The number of rotatable bonds is 2. The topological polar surface area (TPSA) is 39.1 Å². The molecular weight excluding hydrogens is 206 g/mol. The minimum Gasteiger partial charge on any atom is -0.382 e. The summed E-state index contributed by atoms with van der Waals surface area (Å²) in [6, 6.07) is 7.92. The van der Waals surface area contributed by atoms with Crippen molar-refractivity contribution in [3.8, 4) is 6.07 Å². The number of nitriles is 1. The summed E-state index contributed by atoms with van der Waals surface area (Å²) in [4.78, 5) is 2.29. The first-order valence-corrected chi connectivity index (χ1v) is 5.62. The number of nitrogens with one attached hydrogen (secondary N) is 1. The zero-order valence-corrected chi connectivity index (χ0v) is 9.30. The van der Waals surface area contributed by atoms with Crippen molar-refractivity contribution < 1.29 is 0 Å². The first-order valence-electron chi connectivity index (χ1n) is 4.99. The van der Waals surface area contributed by atoms with E-state index >= 15 is 0 Å². The Bertz CT molecular complexity index is 397. The van der Waals surface area contributed by atoms with Gasteiger partial charge < -0.3 is 10.2 Å². The summed E-state index contributed by atoms with van der Waals surface area (Å²) in [5, 5.41) is 12.1. The van der Waals surface area contributed by atoms with E-state index < -0.39 is 0 Å². The second-order valence-corrected chi connectivity index (χ2v) is 3.93. The van der Waals surface area contributed by atoms with E-state index in [-0.39, 0.29) is 0 Å². The average molecular weight is 219 g/mol. The Hall–Kier alpha value is -1.34. The predicted octanol–water partition coefficient (Wildman–Crippen LogP) is 1.72. The van der Waals surface area contributed by atoms with Crippen molar-refractivity contribution in [2.24, 2.45) is 0 Å². The van der Waals surface area contributed by atoms with Gasteiger partial charge in [-0.05, 0) is 18.2 Å². The molecule has 1 N–H and O–H groups in total. The number of anilines is 2. The summed E-state index contributed by atoms with van der Waals surface area (Å²) in [6.07, 6.45) is 0. The van der Waals surface area contributed by atoms with Gasteiger partial charge in [-0.1, -0.05) is 0 Å². The van der Waals surface area contributed by atoms with Gasteiger partial charge in [0.2, 0.25) is 0 Å². The summed E-state index contributed by atoms with van der Waals surface area (Å²) in [6.45, 7) is 2.87. The molecule has 1 aliphatic heterocycles. The molecule has 1 aliphatic rings. The summed E-state index contributed by atoms with van der Waals surface area (Å²) in [5.41, 5.74) is 2.94. The van der Waals surface area contributed by atoms with E-state index in [2.05, 4.69) is 28.9 Å². The summed E-state index contributed by atoms with van der Waals surface area (Å²) >= 11 is 4.25. The molecule has 0 unspecified atom stereocenters. The van der Waals surface area contributed by atoms with Crippen LogP contribution in [0.2, 0.25) is 0 Å². The molecule has 3 nitrogen and oxygen atoms in total. The molecule has 0 fully saturated rings. The highest BCUT2D eigenvalue weighted by molar-refractivity contribution is 7.80. The van der Waals surface area contributed by atoms with Crippen molar-refractivity contribution in [1.29, 1.82) is 5.26 Å². The first kappa shape index (κ1) is 10.2. The van der Waals surface area contributed by atoms with E-state index in [0.29, 0.717) is 5.56 Å². The van der Waals surface area contributed by atoms with Crippen LogP contribution in [0.15, 0.2) is 18.2 Å². The van der Waals surface area contributed by atoms with Crippen LogP contribution in [0.25, 0.3) is 0 Å². The lowest BCUT2D eigenvalue weighted by Crippen LogP contribution is -2.35. The summed E-state index contributed by atoms with van der Waals surface area (Å²) in [7, 11) is 0. The standard InChI is InChI=1S/C11H13N3S/c12-8-9-1-2-11-10(7-9)13-3-4-14(11)5-6-15/h1-2,7,13,15H,3-6H2. The molecule has 0 bridgehead atoms. The van der Waals surface area contributed by atoms with Crippen molar-refractivity contribution in [1.82, 2.24) is 0 Å². The van der Waals surface area contributed by atoms with Crippen molar-refractivity contribution in [3.05, 3.63) is 23.8 Å². The monoisotopic (exact) mass is 219 g/mol. The van der Waals surface area contributed by atoms with Gasteiger partial charge in [0.25, 0.3) is 0 Å². The van der Waals surface area contributed by atoms with Crippen LogP contribution in [0.1, 0.15) is 5.56 Å². The number of thiol groups is 1. The minimum absolute atomic E-state index is 0.703. The Morgan fingerprint density at radius 2 is 2.40 bits per heavy atom. The van der Waals surface area contributed by atoms with E-state index in [1.54, 1.807) is 0 Å². The van der Waals surface area contributed by atoms with Gasteiger partial charge in [0.05, 0.1) is 23.0 Å². The molecule has 1 aromatic carbocycles. The van der Waals surface area contributed by atoms with Crippen molar-refractivity contribution in [2.75, 3.05) is 35.6 Å². The van der Waals surface area contributed by atoms with Gasteiger partial charge in [-0.2, -0.15) is 17.9 Å². The molecule has 2 rings (SSSR count). The highest BCUT2D eigenvalue weighted by Gasteiger charge is 2.15. The van der Waals surface area contributed by atoms with Crippen LogP contribution >= 0.6 is 12.6 Å². The number of benzene rings is 1. The first-order chi connectivity index (χ1) is 7.35. The van der Waals surface area contributed by atoms with Crippen molar-refractivity contribution in [2.45, 2.75) is 0 Å². The maximum Gasteiger partial charge on any atom is 0.0992 e. The molecule has 0 aliphatic carbocycles. The minimum atomic E-state index is 0.703. The quantitative estimate of drug-likeness (QED) is 0.744. The Morgan fingerprint density at radius 3 is 3.13 bits per heavy atom. The number of hydrogen-bond donors (Lipinski definition) is 2. The maximum atomic E-state index is 8.80. The van der Waals surface area contributed by atoms with E-state index in [1.165, 1.54) is 5.69 Å². The summed E-state index contributed by atoms with van der Waals surface area (Å²) in [5.74, 6) is 0.847. The van der Waals surface area contributed by atoms with Crippen LogP contribution < -0.4 is 10.2 Å². The molecule has 78 valence electrons. The van der Waals surface area contributed by atoms with Gasteiger partial charge in [-0.15, -0.1) is 0 Å². The smallest absolute Gasteiger partial charge is 0.0992 e. The third kappa shape index (κ3) is 2.02. The van der Waals surface area contributed by atoms with Gasteiger partial charge >= 0.3 is 0 Å². The number of hydrogen-bond acceptors (Lipinski definition) is 4. The van der Waals surface area contributed by atoms with Crippen LogP contribution in [0.5, 0.6) is 0 Å². The molecule has 4 heteroatoms. The lowest BCUT2D eigenvalue weighted by molar-refractivity contribution is 0.820. The van der Waals surface area contributed by atoms with Crippen LogP contribution in [-0.4, -0.2) is 25.4 Å². The molecule has 1 heterocycles. The third-order valence-electron chi connectivity index (χ3n) is 2.53. The van der Waals surface area contributed by atoms with E-state index in [0.717, 1.165) is 31.1 Å². The Balaban J connectivity index is 2.33. The van der Waals surface area contributed by atoms with Gasteiger partial charge in [0.15, 0.2) is 0 Å². The molecule has 0 saturated carbocycles. The average Bonchev–Trinajstić information content (AvgIpc) is 2.29. The van der Waals surface area contributed by atoms with Gasteiger partial charge in [-0.3, -0.25) is 0 Å². The van der Waals surface area contributed by atoms with Crippen LogP contribution in [-0.2, 0) is 0 Å². The fourth-order valence-corrected chi connectivity index (χ4v) is 2.06. The molecular formula is C11H13N3S. The lowest BCUT2D eigenvalue weighted by atomic mass is 10.1. The third-order valence-corrected chi connectivity index (χ3v) is 2.73. The second kappa shape index (κ2) is 4.45. The lowest BCUT2D eigenvalue weighted by Gasteiger charge is -2.31. The van der Waals surface area contributed by atoms with Gasteiger partial charge in [0.1, 0.15) is 0 Å². The largest absolute Gasteiger partial charge is 0.382 e. The highest BCUT2D eigenvalue weighted by Crippen LogP contribution is 2.29. The van der Waals surface area contributed by atoms with Gasteiger partial charge in [0, 0.05) is 25.4 Å². The molecule has 1 aromatic rings. The van der Waals surface area contributed by atoms with Crippen LogP contribution in [0.4, 0.5) is 11.4 Å². The fourth-order valence-electron chi connectivity index (χ4n) is 1.82. The summed E-state index contributed by atoms with van der Waals surface area (Å²) < 4.78 is 0. The van der Waals surface area contributed by atoms with Crippen LogP contribution in [0, 0.1) is 11.3 Å². The SMILES string of the molecule is N#Cc1ccc2c(c1)NCCN2CCS. The van der Waals surface area contributed by atoms with Gasteiger partial charge in [-0.25, -0.2) is 0 Å². The molecule has 0 aromatic heterocycles. The molecule has 0 atom stereocenters. The molecule has 0 saturated heterocycles. The molecule has 0 radical (unpaired) electrons. The molecule has 15 heavy (non-hydrogen) atoms. The maximum absolute atomic E-state index is 8.80. The predicted molar refractivity (Wildman–Crippen MR) is 65.7 cm³/mol. The van der Waals surface area contributed by atoms with Crippen molar-refractivity contribution >= 4 is 24.0 Å². The van der Waals surface area contributed by atoms with E-state index in [9.17, 15) is 0 Å². The highest BCUT2D eigenvalue weighted by atomic mass is 32.1. The van der Waals surface area contributed by atoms with E-state index in [4.69, 9.17) is 5.26 Å². The Labute approximate surface area is 95.1 Å². The van der Waals surface area contributed by atoms with Crippen molar-refractivity contribution in [3.63, 3.8) is 0 Å². The second-order valence-electron chi connectivity index (χ2n) is 3.48. The number of nitrogens with zero attached hydrogens (tertiary/aromatic N) is 2.